The first kappa shape index (κ1) is 30.0. The van der Waals surface area contributed by atoms with Gasteiger partial charge >= 0.3 is 0 Å². The maximum absolute atomic E-state index is 6.20. The zero-order valence-corrected chi connectivity index (χ0v) is 26.8. The standard InChI is InChI=1S/C34H40N14/c35-26-9-17-44(18-10-26)33-40-31-28(7-3-15-47(31)42-33)39-30(25-6-2-14-38-22-25)46(23-24-5-1-13-37-21-24)29-8-4-16-48-32(29)41-34(43-48)45-19-11-27(36)12-20-45/h1-8,13-16,21-22,26-27,30,39H,9-12,17-20,23,35-36H2. The van der Waals surface area contributed by atoms with Gasteiger partial charge in [0.2, 0.25) is 11.9 Å². The van der Waals surface area contributed by atoms with Crippen LogP contribution in [0.4, 0.5) is 23.3 Å². The number of nitrogens with two attached hydrogens (primary N) is 2. The van der Waals surface area contributed by atoms with E-state index in [2.05, 4.69) is 48.2 Å². The number of nitrogens with one attached hydrogen (secondary N) is 1. The minimum atomic E-state index is -0.377. The Labute approximate surface area is 278 Å². The van der Waals surface area contributed by atoms with Gasteiger partial charge in [0.15, 0.2) is 11.3 Å². The third-order valence-electron chi connectivity index (χ3n) is 9.32. The molecule has 8 rings (SSSR count). The predicted molar refractivity (Wildman–Crippen MR) is 186 cm³/mol. The van der Waals surface area contributed by atoms with Gasteiger partial charge in [-0.05, 0) is 67.6 Å². The van der Waals surface area contributed by atoms with Crippen molar-refractivity contribution in [3.05, 3.63) is 96.8 Å². The van der Waals surface area contributed by atoms with E-state index in [1.807, 2.05) is 64.2 Å². The largest absolute Gasteiger partial charge is 0.358 e. The maximum Gasteiger partial charge on any atom is 0.245 e. The number of rotatable bonds is 9. The second-order valence-electron chi connectivity index (χ2n) is 12.6. The van der Waals surface area contributed by atoms with E-state index in [4.69, 9.17) is 31.6 Å². The van der Waals surface area contributed by atoms with Gasteiger partial charge in [-0.1, -0.05) is 12.1 Å². The summed E-state index contributed by atoms with van der Waals surface area (Å²) in [5, 5.41) is 13.6. The number of anilines is 4. The van der Waals surface area contributed by atoms with Crippen molar-refractivity contribution in [2.75, 3.05) is 46.2 Å². The quantitative estimate of drug-likeness (QED) is 0.198. The topological polar surface area (TPSA) is 160 Å². The highest BCUT2D eigenvalue weighted by Crippen LogP contribution is 2.34. The van der Waals surface area contributed by atoms with Crippen LogP contribution in [0.1, 0.15) is 43.0 Å². The first-order chi connectivity index (χ1) is 23.6. The molecule has 6 aromatic rings. The van der Waals surface area contributed by atoms with E-state index in [9.17, 15) is 0 Å². The van der Waals surface area contributed by atoms with Crippen LogP contribution in [-0.4, -0.2) is 77.4 Å². The smallest absolute Gasteiger partial charge is 0.245 e. The molecule has 0 saturated carbocycles. The lowest BCUT2D eigenvalue weighted by Gasteiger charge is -2.35. The van der Waals surface area contributed by atoms with Crippen LogP contribution in [-0.2, 0) is 6.54 Å². The number of hydrogen-bond acceptors (Lipinski definition) is 12. The molecule has 2 aliphatic rings. The second kappa shape index (κ2) is 13.0. The van der Waals surface area contributed by atoms with Crippen molar-refractivity contribution in [3.8, 4) is 0 Å². The molecule has 0 spiro atoms. The minimum Gasteiger partial charge on any atom is -0.358 e. The SMILES string of the molecule is NC1CCN(c2nc3c(NC(c4cccnc4)N(Cc4cccnc4)c4cccn5nc(N6CCC(N)CC6)nc45)cccn3n2)CC1. The van der Waals surface area contributed by atoms with Crippen molar-refractivity contribution >= 4 is 34.6 Å². The highest BCUT2D eigenvalue weighted by molar-refractivity contribution is 5.74. The summed E-state index contributed by atoms with van der Waals surface area (Å²) in [7, 11) is 0. The van der Waals surface area contributed by atoms with E-state index in [0.717, 1.165) is 85.7 Å². The third kappa shape index (κ3) is 6.07. The fourth-order valence-corrected chi connectivity index (χ4v) is 6.61. The van der Waals surface area contributed by atoms with E-state index in [0.29, 0.717) is 18.4 Å². The number of fused-ring (bicyclic) bond motifs is 2. The van der Waals surface area contributed by atoms with E-state index in [1.54, 1.807) is 12.4 Å². The van der Waals surface area contributed by atoms with Gasteiger partial charge in [-0.25, -0.2) is 9.03 Å². The molecule has 0 bridgehead atoms. The van der Waals surface area contributed by atoms with Crippen LogP contribution < -0.4 is 31.5 Å². The van der Waals surface area contributed by atoms with Gasteiger partial charge in [-0.15, -0.1) is 10.2 Å². The summed E-state index contributed by atoms with van der Waals surface area (Å²) in [6.07, 6.45) is 14.6. The highest BCUT2D eigenvalue weighted by atomic mass is 15.4. The number of piperidine rings is 2. The molecule has 0 amide bonds. The van der Waals surface area contributed by atoms with Crippen molar-refractivity contribution in [2.45, 2.75) is 50.5 Å². The Morgan fingerprint density at radius 2 is 1.33 bits per heavy atom. The van der Waals surface area contributed by atoms with E-state index >= 15 is 0 Å². The molecule has 1 atom stereocenters. The summed E-state index contributed by atoms with van der Waals surface area (Å²) in [5.74, 6) is 1.42. The fraction of sp³-hybridized carbons (Fsp3) is 0.353. The Hall–Kier alpha value is -5.34. The molecule has 2 saturated heterocycles. The Bertz CT molecular complexity index is 1960. The average Bonchev–Trinajstić information content (AvgIpc) is 3.77. The molecule has 48 heavy (non-hydrogen) atoms. The van der Waals surface area contributed by atoms with Crippen molar-refractivity contribution in [1.29, 1.82) is 0 Å². The number of hydrogen-bond donors (Lipinski definition) is 3. The molecule has 0 aliphatic carbocycles. The monoisotopic (exact) mass is 644 g/mol. The molecule has 8 heterocycles. The van der Waals surface area contributed by atoms with E-state index in [1.165, 1.54) is 0 Å². The molecular weight excluding hydrogens is 604 g/mol. The minimum absolute atomic E-state index is 0.221. The van der Waals surface area contributed by atoms with Gasteiger partial charge in [0.25, 0.3) is 0 Å². The molecule has 246 valence electrons. The molecule has 6 aromatic heterocycles. The molecule has 1 unspecified atom stereocenters. The molecule has 2 fully saturated rings. The van der Waals surface area contributed by atoms with Gasteiger partial charge < -0.3 is 31.5 Å². The summed E-state index contributed by atoms with van der Waals surface area (Å²) in [5.41, 5.74) is 17.7. The Morgan fingerprint density at radius 3 is 1.96 bits per heavy atom. The average molecular weight is 645 g/mol. The number of pyridine rings is 4. The van der Waals surface area contributed by atoms with Gasteiger partial charge in [0.1, 0.15) is 6.17 Å². The molecule has 14 heteroatoms. The Kier molecular flexibility index (Phi) is 8.16. The van der Waals surface area contributed by atoms with E-state index < -0.39 is 0 Å². The number of nitrogens with zero attached hydrogens (tertiary/aromatic N) is 11. The second-order valence-corrected chi connectivity index (χ2v) is 12.6. The lowest BCUT2D eigenvalue weighted by molar-refractivity contribution is 0.495. The molecule has 0 radical (unpaired) electrons. The summed E-state index contributed by atoms with van der Waals surface area (Å²) in [6, 6.07) is 16.7. The lowest BCUT2D eigenvalue weighted by Crippen LogP contribution is -2.40. The van der Waals surface area contributed by atoms with Crippen LogP contribution in [0.15, 0.2) is 85.7 Å². The van der Waals surface area contributed by atoms with Crippen LogP contribution >= 0.6 is 0 Å². The van der Waals surface area contributed by atoms with Crippen LogP contribution in [0.5, 0.6) is 0 Å². The summed E-state index contributed by atoms with van der Waals surface area (Å²) in [6.45, 7) is 3.89. The number of aromatic nitrogens is 8. The molecular formula is C34H40N14. The predicted octanol–water partition coefficient (Wildman–Crippen LogP) is 3.23. The van der Waals surface area contributed by atoms with E-state index in [-0.39, 0.29) is 18.2 Å². The first-order valence-corrected chi connectivity index (χ1v) is 16.6. The van der Waals surface area contributed by atoms with Gasteiger partial charge in [0, 0.05) is 87.6 Å². The molecule has 14 nitrogen and oxygen atoms in total. The summed E-state index contributed by atoms with van der Waals surface area (Å²) >= 11 is 0. The van der Waals surface area contributed by atoms with Crippen LogP contribution in [0.25, 0.3) is 11.3 Å². The molecule has 2 aliphatic heterocycles. The van der Waals surface area contributed by atoms with Crippen molar-refractivity contribution < 1.29 is 0 Å². The first-order valence-electron chi connectivity index (χ1n) is 16.6. The summed E-state index contributed by atoms with van der Waals surface area (Å²) in [4.78, 5) is 25.8. The Morgan fingerprint density at radius 1 is 0.729 bits per heavy atom. The Balaban J connectivity index is 1.22. The van der Waals surface area contributed by atoms with Crippen LogP contribution in [0.3, 0.4) is 0 Å². The maximum atomic E-state index is 6.20. The molecule has 0 aromatic carbocycles. The zero-order chi connectivity index (χ0) is 32.5. The molecule has 5 N–H and O–H groups in total. The third-order valence-corrected chi connectivity index (χ3v) is 9.32. The van der Waals surface area contributed by atoms with Gasteiger partial charge in [0.05, 0.1) is 11.4 Å². The van der Waals surface area contributed by atoms with Crippen molar-refractivity contribution in [1.82, 2.24) is 39.2 Å². The van der Waals surface area contributed by atoms with Crippen LogP contribution in [0, 0.1) is 0 Å². The van der Waals surface area contributed by atoms with Gasteiger partial charge in [-0.2, -0.15) is 9.97 Å². The van der Waals surface area contributed by atoms with Gasteiger partial charge in [-0.3, -0.25) is 9.97 Å². The highest BCUT2D eigenvalue weighted by Gasteiger charge is 2.28. The fourth-order valence-electron chi connectivity index (χ4n) is 6.61. The van der Waals surface area contributed by atoms with Crippen LogP contribution in [0.2, 0.25) is 0 Å². The lowest BCUT2D eigenvalue weighted by atomic mass is 10.1. The zero-order valence-electron chi connectivity index (χ0n) is 26.8. The normalized spacial score (nSPS) is 16.9. The van der Waals surface area contributed by atoms with Crippen molar-refractivity contribution in [3.63, 3.8) is 0 Å². The van der Waals surface area contributed by atoms with Crippen molar-refractivity contribution in [2.24, 2.45) is 11.5 Å². The summed E-state index contributed by atoms with van der Waals surface area (Å²) < 4.78 is 3.71.